The van der Waals surface area contributed by atoms with Gasteiger partial charge in [0.15, 0.2) is 0 Å². The summed E-state index contributed by atoms with van der Waals surface area (Å²) in [7, 11) is 0. The summed E-state index contributed by atoms with van der Waals surface area (Å²) in [6, 6.07) is 6.50. The van der Waals surface area contributed by atoms with Gasteiger partial charge in [0.1, 0.15) is 0 Å². The molecule has 5 nitrogen and oxygen atoms in total. The molecule has 1 aromatic carbocycles. The fourth-order valence-electron chi connectivity index (χ4n) is 2.77. The Bertz CT molecular complexity index is 512. The number of rotatable bonds is 3. The molecule has 2 unspecified atom stereocenters. The van der Waals surface area contributed by atoms with Crippen LogP contribution in [0.1, 0.15) is 43.0 Å². The SMILES string of the molecule is CC1CCCC(N)(C(=O)Nc2ccc(C(N)=O)cc2)C1. The molecule has 0 spiro atoms. The molecular formula is C15H21N3O2. The van der Waals surface area contributed by atoms with E-state index in [1.54, 1.807) is 24.3 Å². The summed E-state index contributed by atoms with van der Waals surface area (Å²) in [5, 5.41) is 2.82. The third-order valence-corrected chi connectivity index (χ3v) is 3.91. The lowest BCUT2D eigenvalue weighted by Crippen LogP contribution is -2.53. The molecule has 108 valence electrons. The highest BCUT2D eigenvalue weighted by molar-refractivity contribution is 5.99. The standard InChI is InChI=1S/C15H21N3O2/c1-10-3-2-8-15(17,9-10)14(20)18-12-6-4-11(5-7-12)13(16)19/h4-7,10H,2-3,8-9,17H2,1H3,(H2,16,19)(H,18,20). The number of carbonyl (C=O) groups excluding carboxylic acids is 2. The average molecular weight is 275 g/mol. The summed E-state index contributed by atoms with van der Waals surface area (Å²) in [5.41, 5.74) is 11.7. The maximum absolute atomic E-state index is 12.3. The van der Waals surface area contributed by atoms with Gasteiger partial charge in [-0.1, -0.05) is 19.8 Å². The number of carbonyl (C=O) groups is 2. The van der Waals surface area contributed by atoms with Crippen LogP contribution in [0, 0.1) is 5.92 Å². The number of benzene rings is 1. The van der Waals surface area contributed by atoms with Gasteiger partial charge in [0.2, 0.25) is 11.8 Å². The lowest BCUT2D eigenvalue weighted by atomic mass is 9.76. The van der Waals surface area contributed by atoms with Gasteiger partial charge < -0.3 is 16.8 Å². The van der Waals surface area contributed by atoms with Crippen LogP contribution in [0.3, 0.4) is 0 Å². The summed E-state index contributed by atoms with van der Waals surface area (Å²) in [6.45, 7) is 2.12. The van der Waals surface area contributed by atoms with Crippen LogP contribution in [0.25, 0.3) is 0 Å². The lowest BCUT2D eigenvalue weighted by Gasteiger charge is -2.35. The van der Waals surface area contributed by atoms with E-state index in [-0.39, 0.29) is 5.91 Å². The zero-order chi connectivity index (χ0) is 14.8. The van der Waals surface area contributed by atoms with Gasteiger partial charge in [-0.05, 0) is 43.0 Å². The Morgan fingerprint density at radius 3 is 2.50 bits per heavy atom. The van der Waals surface area contributed by atoms with Gasteiger partial charge in [-0.2, -0.15) is 0 Å². The van der Waals surface area contributed by atoms with Gasteiger partial charge in [0.05, 0.1) is 5.54 Å². The van der Waals surface area contributed by atoms with E-state index in [1.165, 1.54) is 0 Å². The van der Waals surface area contributed by atoms with Crippen molar-refractivity contribution in [2.75, 3.05) is 5.32 Å². The molecule has 5 heteroatoms. The molecule has 2 amide bonds. The van der Waals surface area contributed by atoms with Crippen molar-refractivity contribution >= 4 is 17.5 Å². The van der Waals surface area contributed by atoms with Crippen molar-refractivity contribution < 1.29 is 9.59 Å². The molecular weight excluding hydrogens is 254 g/mol. The molecule has 2 atom stereocenters. The Morgan fingerprint density at radius 1 is 1.30 bits per heavy atom. The Kier molecular flexibility index (Phi) is 4.09. The van der Waals surface area contributed by atoms with Gasteiger partial charge in [0.25, 0.3) is 0 Å². The third kappa shape index (κ3) is 3.17. The van der Waals surface area contributed by atoms with Gasteiger partial charge in [-0.3, -0.25) is 9.59 Å². The zero-order valence-electron chi connectivity index (χ0n) is 11.7. The minimum atomic E-state index is -0.792. The molecule has 0 radical (unpaired) electrons. The molecule has 1 aliphatic carbocycles. The summed E-state index contributed by atoms with van der Waals surface area (Å²) in [5.74, 6) is -0.174. The summed E-state index contributed by atoms with van der Waals surface area (Å²) >= 11 is 0. The van der Waals surface area contributed by atoms with E-state index >= 15 is 0 Å². The Labute approximate surface area is 118 Å². The summed E-state index contributed by atoms with van der Waals surface area (Å²) in [6.07, 6.45) is 3.52. The Balaban J connectivity index is 2.05. The van der Waals surface area contributed by atoms with Crippen LogP contribution < -0.4 is 16.8 Å². The van der Waals surface area contributed by atoms with E-state index in [2.05, 4.69) is 12.2 Å². The van der Waals surface area contributed by atoms with Crippen LogP contribution in [0.2, 0.25) is 0 Å². The van der Waals surface area contributed by atoms with Crippen molar-refractivity contribution in [2.24, 2.45) is 17.4 Å². The van der Waals surface area contributed by atoms with Crippen molar-refractivity contribution in [1.29, 1.82) is 0 Å². The van der Waals surface area contributed by atoms with Crippen molar-refractivity contribution in [3.8, 4) is 0 Å². The predicted octanol–water partition coefficient (Wildman–Crippen LogP) is 1.63. The number of hydrogen-bond acceptors (Lipinski definition) is 3. The topological polar surface area (TPSA) is 98.2 Å². The maximum Gasteiger partial charge on any atom is 0.248 e. The van der Waals surface area contributed by atoms with Crippen molar-refractivity contribution in [1.82, 2.24) is 0 Å². The monoisotopic (exact) mass is 275 g/mol. The molecule has 0 aromatic heterocycles. The van der Waals surface area contributed by atoms with E-state index in [9.17, 15) is 9.59 Å². The molecule has 5 N–H and O–H groups in total. The lowest BCUT2D eigenvalue weighted by molar-refractivity contribution is -0.122. The molecule has 20 heavy (non-hydrogen) atoms. The molecule has 0 heterocycles. The highest BCUT2D eigenvalue weighted by Gasteiger charge is 2.37. The van der Waals surface area contributed by atoms with Crippen molar-refractivity contribution in [3.05, 3.63) is 29.8 Å². The molecule has 1 aliphatic rings. The second-order valence-corrected chi connectivity index (χ2v) is 5.75. The van der Waals surface area contributed by atoms with E-state index in [0.717, 1.165) is 12.8 Å². The van der Waals surface area contributed by atoms with Crippen LogP contribution in [-0.4, -0.2) is 17.4 Å². The minimum Gasteiger partial charge on any atom is -0.366 e. The molecule has 1 aromatic rings. The number of amides is 2. The van der Waals surface area contributed by atoms with Crippen molar-refractivity contribution in [3.63, 3.8) is 0 Å². The Morgan fingerprint density at radius 2 is 1.95 bits per heavy atom. The first-order valence-corrected chi connectivity index (χ1v) is 6.91. The smallest absolute Gasteiger partial charge is 0.248 e. The molecule has 1 saturated carbocycles. The Hall–Kier alpha value is -1.88. The number of hydrogen-bond donors (Lipinski definition) is 3. The van der Waals surface area contributed by atoms with Crippen LogP contribution in [-0.2, 0) is 4.79 Å². The van der Waals surface area contributed by atoms with Crippen LogP contribution in [0.4, 0.5) is 5.69 Å². The molecule has 1 fully saturated rings. The van der Waals surface area contributed by atoms with E-state index in [0.29, 0.717) is 30.0 Å². The summed E-state index contributed by atoms with van der Waals surface area (Å²) in [4.78, 5) is 23.3. The quantitative estimate of drug-likeness (QED) is 0.782. The number of nitrogens with two attached hydrogens (primary N) is 2. The van der Waals surface area contributed by atoms with Crippen molar-refractivity contribution in [2.45, 2.75) is 38.1 Å². The normalized spacial score (nSPS) is 26.0. The van der Waals surface area contributed by atoms with Gasteiger partial charge in [0, 0.05) is 11.3 Å². The zero-order valence-corrected chi connectivity index (χ0v) is 11.7. The second-order valence-electron chi connectivity index (χ2n) is 5.75. The van der Waals surface area contributed by atoms with Gasteiger partial charge in [-0.25, -0.2) is 0 Å². The fourth-order valence-corrected chi connectivity index (χ4v) is 2.77. The first kappa shape index (κ1) is 14.5. The number of anilines is 1. The average Bonchev–Trinajstić information content (AvgIpc) is 2.39. The highest BCUT2D eigenvalue weighted by Crippen LogP contribution is 2.31. The van der Waals surface area contributed by atoms with Gasteiger partial charge in [-0.15, -0.1) is 0 Å². The molecule has 0 bridgehead atoms. The summed E-state index contributed by atoms with van der Waals surface area (Å²) < 4.78 is 0. The predicted molar refractivity (Wildman–Crippen MR) is 78.1 cm³/mol. The van der Waals surface area contributed by atoms with E-state index < -0.39 is 11.4 Å². The van der Waals surface area contributed by atoms with Crippen LogP contribution in [0.15, 0.2) is 24.3 Å². The first-order chi connectivity index (χ1) is 9.40. The molecule has 0 saturated heterocycles. The molecule has 0 aliphatic heterocycles. The minimum absolute atomic E-state index is 0.157. The number of primary amides is 1. The highest BCUT2D eigenvalue weighted by atomic mass is 16.2. The van der Waals surface area contributed by atoms with Crippen LogP contribution >= 0.6 is 0 Å². The molecule has 2 rings (SSSR count). The van der Waals surface area contributed by atoms with E-state index in [1.807, 2.05) is 0 Å². The second kappa shape index (κ2) is 5.63. The van der Waals surface area contributed by atoms with Gasteiger partial charge >= 0.3 is 0 Å². The third-order valence-electron chi connectivity index (χ3n) is 3.91. The van der Waals surface area contributed by atoms with Crippen LogP contribution in [0.5, 0.6) is 0 Å². The first-order valence-electron chi connectivity index (χ1n) is 6.91. The fraction of sp³-hybridized carbons (Fsp3) is 0.467. The largest absolute Gasteiger partial charge is 0.366 e. The maximum atomic E-state index is 12.3. The number of nitrogens with one attached hydrogen (secondary N) is 1. The van der Waals surface area contributed by atoms with E-state index in [4.69, 9.17) is 11.5 Å².